The highest BCUT2D eigenvalue weighted by atomic mass is 19.1. The summed E-state index contributed by atoms with van der Waals surface area (Å²) in [6, 6.07) is 4.54. The van der Waals surface area contributed by atoms with E-state index < -0.39 is 17.4 Å². The van der Waals surface area contributed by atoms with Crippen LogP contribution in [0, 0.1) is 11.7 Å². The molecule has 2 heterocycles. The van der Waals surface area contributed by atoms with Gasteiger partial charge in [-0.15, -0.1) is 0 Å². The molecule has 1 amide bonds. The third-order valence-corrected chi connectivity index (χ3v) is 5.70. The van der Waals surface area contributed by atoms with Crippen LogP contribution in [-0.4, -0.2) is 78.4 Å². The summed E-state index contributed by atoms with van der Waals surface area (Å²) in [6.07, 6.45) is 1.62. The molecular formula is C22H32FN3O4. The van der Waals surface area contributed by atoms with E-state index in [9.17, 15) is 14.0 Å². The third-order valence-electron chi connectivity index (χ3n) is 5.70. The third kappa shape index (κ3) is 5.62. The van der Waals surface area contributed by atoms with Crippen molar-refractivity contribution in [2.75, 3.05) is 50.7 Å². The van der Waals surface area contributed by atoms with Gasteiger partial charge < -0.3 is 19.6 Å². The van der Waals surface area contributed by atoms with Crippen molar-refractivity contribution in [3.8, 4) is 0 Å². The van der Waals surface area contributed by atoms with Gasteiger partial charge in [-0.1, -0.05) is 6.07 Å². The van der Waals surface area contributed by atoms with Crippen LogP contribution in [-0.2, 0) is 4.74 Å². The minimum atomic E-state index is -1.24. The van der Waals surface area contributed by atoms with Gasteiger partial charge in [-0.25, -0.2) is 14.0 Å². The monoisotopic (exact) mass is 421 g/mol. The van der Waals surface area contributed by atoms with Gasteiger partial charge in [-0.05, 0) is 51.7 Å². The second-order valence-electron chi connectivity index (χ2n) is 9.14. The molecule has 8 heteroatoms. The molecule has 30 heavy (non-hydrogen) atoms. The van der Waals surface area contributed by atoms with Crippen LogP contribution in [0.15, 0.2) is 18.2 Å². The normalized spacial score (nSPS) is 19.1. The number of benzene rings is 1. The minimum Gasteiger partial charge on any atom is -0.478 e. The summed E-state index contributed by atoms with van der Waals surface area (Å²) in [5.74, 6) is -1.38. The number of anilines is 1. The summed E-state index contributed by atoms with van der Waals surface area (Å²) in [4.78, 5) is 29.4. The number of piperazine rings is 1. The fourth-order valence-electron chi connectivity index (χ4n) is 4.09. The number of halogens is 1. The average Bonchev–Trinajstić information content (AvgIpc) is 2.68. The molecule has 0 atom stereocenters. The van der Waals surface area contributed by atoms with Gasteiger partial charge in [0.25, 0.3) is 0 Å². The standard InChI is InChI=1S/C22H32FN3O4/c1-22(2,3)30-21(29)26-13-11-24(12-14-26)15-16-7-9-25(10-8-16)18-6-4-5-17(19(18)23)20(27)28/h4-6,16H,7-15H2,1-3H3,(H,27,28). The Labute approximate surface area is 177 Å². The molecule has 166 valence electrons. The second-order valence-corrected chi connectivity index (χ2v) is 9.14. The second kappa shape index (κ2) is 9.20. The Morgan fingerprint density at radius 3 is 2.30 bits per heavy atom. The lowest BCUT2D eigenvalue weighted by Gasteiger charge is -2.39. The van der Waals surface area contributed by atoms with Gasteiger partial charge >= 0.3 is 12.1 Å². The summed E-state index contributed by atoms with van der Waals surface area (Å²) in [5.41, 5.74) is -0.386. The first-order valence-electron chi connectivity index (χ1n) is 10.6. The predicted octanol–water partition coefficient (Wildman–Crippen LogP) is 3.29. The number of hydrogen-bond acceptors (Lipinski definition) is 5. The molecule has 1 aromatic rings. The Morgan fingerprint density at radius 1 is 1.10 bits per heavy atom. The Kier molecular flexibility index (Phi) is 6.85. The molecule has 0 saturated carbocycles. The molecule has 2 aliphatic rings. The van der Waals surface area contributed by atoms with Gasteiger partial charge in [0, 0.05) is 45.8 Å². The number of amides is 1. The molecular weight excluding hydrogens is 389 g/mol. The molecule has 0 spiro atoms. The number of carboxylic acid groups (broad SMARTS) is 1. The molecule has 7 nitrogen and oxygen atoms in total. The summed E-state index contributed by atoms with van der Waals surface area (Å²) < 4.78 is 20.0. The van der Waals surface area contributed by atoms with Crippen LogP contribution < -0.4 is 4.90 Å². The highest BCUT2D eigenvalue weighted by molar-refractivity contribution is 5.89. The largest absolute Gasteiger partial charge is 0.478 e. The van der Waals surface area contributed by atoms with Gasteiger partial charge in [0.05, 0.1) is 11.3 Å². The molecule has 0 unspecified atom stereocenters. The van der Waals surface area contributed by atoms with Crippen molar-refractivity contribution >= 4 is 17.7 Å². The van der Waals surface area contributed by atoms with E-state index in [-0.39, 0.29) is 11.7 Å². The number of nitrogens with zero attached hydrogens (tertiary/aromatic N) is 3. The molecule has 1 aromatic carbocycles. The van der Waals surface area contributed by atoms with E-state index >= 15 is 0 Å². The summed E-state index contributed by atoms with van der Waals surface area (Å²) in [7, 11) is 0. The Hall–Kier alpha value is -2.35. The fraction of sp³-hybridized carbons (Fsp3) is 0.636. The summed E-state index contributed by atoms with van der Waals surface area (Å²) in [6.45, 7) is 11.0. The van der Waals surface area contributed by atoms with Crippen molar-refractivity contribution < 1.29 is 23.8 Å². The number of rotatable bonds is 4. The number of carboxylic acids is 1. The molecule has 2 fully saturated rings. The molecule has 0 aliphatic carbocycles. The van der Waals surface area contributed by atoms with Crippen molar-refractivity contribution in [2.24, 2.45) is 5.92 Å². The van der Waals surface area contributed by atoms with E-state index in [2.05, 4.69) is 4.90 Å². The fourth-order valence-corrected chi connectivity index (χ4v) is 4.09. The van der Waals surface area contributed by atoms with Gasteiger partial charge in [0.1, 0.15) is 5.60 Å². The number of carbonyl (C=O) groups is 2. The maximum absolute atomic E-state index is 14.5. The molecule has 2 saturated heterocycles. The van der Waals surface area contributed by atoms with Crippen molar-refractivity contribution in [3.63, 3.8) is 0 Å². The first-order valence-corrected chi connectivity index (χ1v) is 10.6. The topological polar surface area (TPSA) is 73.3 Å². The zero-order valence-electron chi connectivity index (χ0n) is 18.1. The highest BCUT2D eigenvalue weighted by Crippen LogP contribution is 2.28. The van der Waals surface area contributed by atoms with Crippen LogP contribution in [0.5, 0.6) is 0 Å². The van der Waals surface area contributed by atoms with Crippen molar-refractivity contribution in [1.29, 1.82) is 0 Å². The number of carbonyl (C=O) groups excluding carboxylic acids is 1. The van der Waals surface area contributed by atoms with Crippen molar-refractivity contribution in [1.82, 2.24) is 9.80 Å². The molecule has 0 bridgehead atoms. The zero-order valence-corrected chi connectivity index (χ0v) is 18.1. The Bertz CT molecular complexity index is 764. The maximum atomic E-state index is 14.5. The van der Waals surface area contributed by atoms with Crippen LogP contribution in [0.25, 0.3) is 0 Å². The van der Waals surface area contributed by atoms with Gasteiger partial charge in [0.15, 0.2) is 5.82 Å². The molecule has 3 rings (SSSR count). The number of hydrogen-bond donors (Lipinski definition) is 1. The lowest BCUT2D eigenvalue weighted by molar-refractivity contribution is 0.0130. The molecule has 2 aliphatic heterocycles. The first-order chi connectivity index (χ1) is 14.1. The first kappa shape index (κ1) is 22.3. The van der Waals surface area contributed by atoms with Gasteiger partial charge in [-0.2, -0.15) is 0 Å². The SMILES string of the molecule is CC(C)(C)OC(=O)N1CCN(CC2CCN(c3cccc(C(=O)O)c3F)CC2)CC1. The zero-order chi connectivity index (χ0) is 21.9. The molecule has 0 radical (unpaired) electrons. The summed E-state index contributed by atoms with van der Waals surface area (Å²) in [5, 5.41) is 9.12. The van der Waals surface area contributed by atoms with Crippen molar-refractivity contribution in [2.45, 2.75) is 39.2 Å². The summed E-state index contributed by atoms with van der Waals surface area (Å²) >= 11 is 0. The van der Waals surface area contributed by atoms with E-state index in [0.717, 1.165) is 32.5 Å². The number of ether oxygens (including phenoxy) is 1. The van der Waals surface area contributed by atoms with Gasteiger partial charge in [-0.3, -0.25) is 4.90 Å². The number of piperidine rings is 1. The van der Waals surface area contributed by atoms with Crippen LogP contribution in [0.2, 0.25) is 0 Å². The van der Waals surface area contributed by atoms with Crippen LogP contribution in [0.1, 0.15) is 44.0 Å². The lowest BCUT2D eigenvalue weighted by Crippen LogP contribution is -2.51. The Balaban J connectivity index is 1.46. The van der Waals surface area contributed by atoms with Crippen LogP contribution in [0.3, 0.4) is 0 Å². The smallest absolute Gasteiger partial charge is 0.410 e. The van der Waals surface area contributed by atoms with E-state index in [0.29, 0.717) is 37.8 Å². The molecule has 1 N–H and O–H groups in total. The van der Waals surface area contributed by atoms with Gasteiger partial charge in [0.2, 0.25) is 0 Å². The quantitative estimate of drug-likeness (QED) is 0.804. The lowest BCUT2D eigenvalue weighted by atomic mass is 9.95. The van der Waals surface area contributed by atoms with E-state index in [1.165, 1.54) is 6.07 Å². The van der Waals surface area contributed by atoms with Crippen molar-refractivity contribution in [3.05, 3.63) is 29.6 Å². The van der Waals surface area contributed by atoms with E-state index in [1.54, 1.807) is 17.0 Å². The Morgan fingerprint density at radius 2 is 1.73 bits per heavy atom. The number of aromatic carboxylic acids is 1. The van der Waals surface area contributed by atoms with Crippen LogP contribution in [0.4, 0.5) is 14.9 Å². The highest BCUT2D eigenvalue weighted by Gasteiger charge is 2.29. The minimum absolute atomic E-state index is 0.249. The maximum Gasteiger partial charge on any atom is 0.410 e. The average molecular weight is 422 g/mol. The van der Waals surface area contributed by atoms with Crippen LogP contribution >= 0.6 is 0 Å². The van der Waals surface area contributed by atoms with E-state index in [4.69, 9.17) is 9.84 Å². The van der Waals surface area contributed by atoms with E-state index in [1.807, 2.05) is 25.7 Å². The molecule has 0 aromatic heterocycles. The predicted molar refractivity (Wildman–Crippen MR) is 113 cm³/mol.